The van der Waals surface area contributed by atoms with Crippen molar-refractivity contribution in [3.63, 3.8) is 0 Å². The van der Waals surface area contributed by atoms with Gasteiger partial charge in [-0.05, 0) is 48.3 Å². The van der Waals surface area contributed by atoms with Gasteiger partial charge in [-0.1, -0.05) is 6.07 Å². The lowest BCUT2D eigenvalue weighted by Crippen LogP contribution is -2.42. The van der Waals surface area contributed by atoms with Gasteiger partial charge in [0.25, 0.3) is 0 Å². The van der Waals surface area contributed by atoms with Crippen LogP contribution < -0.4 is 0 Å². The van der Waals surface area contributed by atoms with Crippen molar-refractivity contribution in [2.45, 2.75) is 31.5 Å². The summed E-state index contributed by atoms with van der Waals surface area (Å²) in [5.74, 6) is -2.00. The van der Waals surface area contributed by atoms with E-state index in [1.165, 1.54) is 18.4 Å². The van der Waals surface area contributed by atoms with Crippen molar-refractivity contribution in [2.24, 2.45) is 13.0 Å². The van der Waals surface area contributed by atoms with Gasteiger partial charge in [0.2, 0.25) is 5.91 Å². The van der Waals surface area contributed by atoms with Crippen molar-refractivity contribution < 1.29 is 32.6 Å². The second-order valence-electron chi connectivity index (χ2n) is 7.61. The number of ether oxygens (including phenoxy) is 1. The minimum atomic E-state index is -5.08. The number of alkyl halides is 3. The molecule has 0 radical (unpaired) electrons. The maximum absolute atomic E-state index is 12.8. The molecule has 0 spiro atoms. The molecule has 0 aromatic carbocycles. The zero-order valence-electron chi connectivity index (χ0n) is 17.4. The minimum Gasteiger partial charge on any atom is -0.475 e. The Labute approximate surface area is 187 Å². The Hall–Kier alpha value is -2.66. The van der Waals surface area contributed by atoms with Gasteiger partial charge in [-0.2, -0.15) is 18.3 Å². The van der Waals surface area contributed by atoms with Crippen LogP contribution in [-0.4, -0.2) is 57.6 Å². The van der Waals surface area contributed by atoms with Gasteiger partial charge < -0.3 is 14.7 Å². The van der Waals surface area contributed by atoms with Gasteiger partial charge in [0.15, 0.2) is 0 Å². The molecule has 2 aromatic heterocycles. The molecule has 2 aromatic rings. The highest BCUT2D eigenvalue weighted by Crippen LogP contribution is 2.32. The van der Waals surface area contributed by atoms with Crippen LogP contribution in [0.1, 0.15) is 35.0 Å². The van der Waals surface area contributed by atoms with Gasteiger partial charge in [-0.3, -0.25) is 9.48 Å². The molecule has 1 aliphatic carbocycles. The third-order valence-electron chi connectivity index (χ3n) is 5.16. The first-order valence-corrected chi connectivity index (χ1v) is 11.0. The number of fused-ring (bicyclic) bond motifs is 1. The van der Waals surface area contributed by atoms with E-state index in [9.17, 15) is 18.0 Å². The average molecular weight is 472 g/mol. The van der Waals surface area contributed by atoms with E-state index >= 15 is 0 Å². The van der Waals surface area contributed by atoms with Crippen LogP contribution in [0.15, 0.2) is 29.8 Å². The number of carbonyl (C=O) groups excluding carboxylic acids is 1. The summed E-state index contributed by atoms with van der Waals surface area (Å²) in [4.78, 5) is 24.7. The summed E-state index contributed by atoms with van der Waals surface area (Å²) in [5, 5.41) is 13.5. The van der Waals surface area contributed by atoms with Gasteiger partial charge in [-0.25, -0.2) is 4.79 Å². The highest BCUT2D eigenvalue weighted by atomic mass is 32.1. The van der Waals surface area contributed by atoms with E-state index in [0.29, 0.717) is 13.2 Å². The summed E-state index contributed by atoms with van der Waals surface area (Å²) in [7, 11) is 1.95. The largest absolute Gasteiger partial charge is 0.490 e. The van der Waals surface area contributed by atoms with Gasteiger partial charge >= 0.3 is 12.1 Å². The predicted octanol–water partition coefficient (Wildman–Crippen LogP) is 3.68. The molecule has 11 heteroatoms. The number of aryl methyl sites for hydroxylation is 1. The first kappa shape index (κ1) is 24.0. The second kappa shape index (κ2) is 10.3. The molecule has 32 heavy (non-hydrogen) atoms. The molecule has 1 saturated carbocycles. The van der Waals surface area contributed by atoms with E-state index in [0.717, 1.165) is 29.5 Å². The Kier molecular flexibility index (Phi) is 7.73. The van der Waals surface area contributed by atoms with E-state index in [4.69, 9.17) is 14.6 Å². The number of carboxylic acids is 1. The Morgan fingerprint density at radius 2 is 2.06 bits per heavy atom. The maximum Gasteiger partial charge on any atom is 0.490 e. The summed E-state index contributed by atoms with van der Waals surface area (Å²) in [6, 6.07) is 3.95. The SMILES string of the molecule is Cn1ncc2c1C(COCC1CC1)N(C(=O)/C=C/c1cccs1)CC2.O=C(O)C(F)(F)F. The third kappa shape index (κ3) is 6.42. The number of thiophene rings is 1. The normalized spacial score (nSPS) is 18.2. The van der Waals surface area contributed by atoms with E-state index in [2.05, 4.69) is 5.10 Å². The average Bonchev–Trinajstić information content (AvgIpc) is 3.26. The highest BCUT2D eigenvalue weighted by Gasteiger charge is 2.38. The van der Waals surface area contributed by atoms with Gasteiger partial charge in [0.05, 0.1) is 24.5 Å². The molecule has 0 bridgehead atoms. The van der Waals surface area contributed by atoms with Crippen LogP contribution in [0, 0.1) is 5.92 Å². The van der Waals surface area contributed by atoms with Crippen molar-refractivity contribution in [1.29, 1.82) is 0 Å². The maximum atomic E-state index is 12.8. The van der Waals surface area contributed by atoms with Crippen LogP contribution in [0.5, 0.6) is 0 Å². The lowest BCUT2D eigenvalue weighted by atomic mass is 10.00. The van der Waals surface area contributed by atoms with E-state index in [1.807, 2.05) is 46.4 Å². The van der Waals surface area contributed by atoms with Crippen molar-refractivity contribution >= 4 is 29.3 Å². The quantitative estimate of drug-likeness (QED) is 0.650. The summed E-state index contributed by atoms with van der Waals surface area (Å²) in [5.41, 5.74) is 2.34. The van der Waals surface area contributed by atoms with Crippen LogP contribution in [-0.2, 0) is 27.8 Å². The molecule has 1 fully saturated rings. The fourth-order valence-electron chi connectivity index (χ4n) is 3.36. The molecule has 7 nitrogen and oxygen atoms in total. The zero-order valence-corrected chi connectivity index (χ0v) is 18.2. The first-order valence-electron chi connectivity index (χ1n) is 10.1. The third-order valence-corrected chi connectivity index (χ3v) is 6.00. The number of carbonyl (C=O) groups is 2. The molecular formula is C21H24F3N3O4S. The predicted molar refractivity (Wildman–Crippen MR) is 112 cm³/mol. The number of aromatic nitrogens is 2. The van der Waals surface area contributed by atoms with Crippen molar-refractivity contribution in [3.05, 3.63) is 45.9 Å². The van der Waals surface area contributed by atoms with Crippen LogP contribution in [0.2, 0.25) is 0 Å². The molecular weight excluding hydrogens is 447 g/mol. The number of nitrogens with zero attached hydrogens (tertiary/aromatic N) is 3. The van der Waals surface area contributed by atoms with E-state index in [-0.39, 0.29) is 11.9 Å². The number of aliphatic carboxylic acids is 1. The summed E-state index contributed by atoms with van der Waals surface area (Å²) in [6.45, 7) is 2.06. The lowest BCUT2D eigenvalue weighted by molar-refractivity contribution is -0.192. The Morgan fingerprint density at radius 3 is 2.66 bits per heavy atom. The van der Waals surface area contributed by atoms with Gasteiger partial charge in [0, 0.05) is 31.2 Å². The van der Waals surface area contributed by atoms with E-state index < -0.39 is 12.1 Å². The molecule has 3 heterocycles. The Morgan fingerprint density at radius 1 is 1.34 bits per heavy atom. The smallest absolute Gasteiger partial charge is 0.475 e. The van der Waals surface area contributed by atoms with E-state index in [1.54, 1.807) is 17.4 Å². The molecule has 1 unspecified atom stereocenters. The van der Waals surface area contributed by atoms with Gasteiger partial charge in [-0.15, -0.1) is 11.3 Å². The summed E-state index contributed by atoms with van der Waals surface area (Å²) < 4.78 is 39.6. The molecule has 2 aliphatic rings. The fraction of sp³-hybridized carbons (Fsp3) is 0.476. The number of amides is 1. The topological polar surface area (TPSA) is 84.7 Å². The first-order chi connectivity index (χ1) is 15.2. The van der Waals surface area contributed by atoms with Crippen LogP contribution >= 0.6 is 11.3 Å². The lowest BCUT2D eigenvalue weighted by Gasteiger charge is -2.35. The molecule has 174 valence electrons. The van der Waals surface area contributed by atoms with Crippen LogP contribution in [0.4, 0.5) is 13.2 Å². The van der Waals surface area contributed by atoms with Gasteiger partial charge in [0.1, 0.15) is 0 Å². The van der Waals surface area contributed by atoms with Crippen LogP contribution in [0.3, 0.4) is 0 Å². The molecule has 1 atom stereocenters. The Balaban J connectivity index is 0.000000360. The number of hydrogen-bond donors (Lipinski definition) is 1. The summed E-state index contributed by atoms with van der Waals surface area (Å²) in [6.07, 6.45) is 3.81. The number of carboxylic acid groups (broad SMARTS) is 1. The second-order valence-corrected chi connectivity index (χ2v) is 8.59. The van der Waals surface area contributed by atoms with Crippen molar-refractivity contribution in [1.82, 2.24) is 14.7 Å². The molecule has 4 rings (SSSR count). The monoisotopic (exact) mass is 471 g/mol. The van der Waals surface area contributed by atoms with Crippen LogP contribution in [0.25, 0.3) is 6.08 Å². The Bertz CT molecular complexity index is 952. The minimum absolute atomic E-state index is 0.0419. The van der Waals surface area contributed by atoms with Crippen molar-refractivity contribution in [2.75, 3.05) is 19.8 Å². The fourth-order valence-corrected chi connectivity index (χ4v) is 3.98. The molecule has 0 saturated heterocycles. The standard InChI is InChI=1S/C19H23N3O2S.C2HF3O2/c1-21-19-15(11-20-21)8-9-22(17(19)13-24-12-14-4-5-14)18(23)7-6-16-3-2-10-25-16;3-2(4,5)1(6)7/h2-3,6-7,10-11,14,17H,4-5,8-9,12-13H2,1H3;(H,6,7)/b7-6+;. The summed E-state index contributed by atoms with van der Waals surface area (Å²) >= 11 is 1.63. The zero-order chi connectivity index (χ0) is 23.3. The van der Waals surface area contributed by atoms with Crippen molar-refractivity contribution in [3.8, 4) is 0 Å². The number of rotatable bonds is 6. The number of hydrogen-bond acceptors (Lipinski definition) is 5. The molecule has 1 amide bonds. The molecule has 1 aliphatic heterocycles. The molecule has 1 N–H and O–H groups in total. The highest BCUT2D eigenvalue weighted by molar-refractivity contribution is 7.10. The number of halogens is 3.